The zero-order valence-electron chi connectivity index (χ0n) is 9.75. The van der Waals surface area contributed by atoms with Crippen molar-refractivity contribution in [2.75, 3.05) is 13.1 Å². The molecule has 2 fully saturated rings. The first-order valence-electron chi connectivity index (χ1n) is 6.73. The number of nitrogens with one attached hydrogen (secondary N) is 1. The molecule has 2 rings (SSSR count). The highest BCUT2D eigenvalue weighted by atomic mass is 16.3. The molecular formula is C13H25NO. The molecule has 2 N–H and O–H groups in total. The van der Waals surface area contributed by atoms with Crippen LogP contribution in [-0.4, -0.2) is 24.3 Å². The molecule has 2 nitrogen and oxygen atoms in total. The van der Waals surface area contributed by atoms with Crippen LogP contribution in [0.4, 0.5) is 0 Å². The van der Waals surface area contributed by atoms with Gasteiger partial charge in [-0.3, -0.25) is 0 Å². The van der Waals surface area contributed by atoms with Gasteiger partial charge < -0.3 is 10.4 Å². The van der Waals surface area contributed by atoms with Crippen molar-refractivity contribution in [3.63, 3.8) is 0 Å². The fourth-order valence-electron chi connectivity index (χ4n) is 3.15. The van der Waals surface area contributed by atoms with Gasteiger partial charge in [0, 0.05) is 0 Å². The number of aliphatic hydroxyl groups excluding tert-OH is 1. The van der Waals surface area contributed by atoms with Crippen molar-refractivity contribution in [1.29, 1.82) is 0 Å². The van der Waals surface area contributed by atoms with Crippen LogP contribution in [0, 0.1) is 11.8 Å². The van der Waals surface area contributed by atoms with Crippen molar-refractivity contribution in [2.24, 2.45) is 11.8 Å². The lowest BCUT2D eigenvalue weighted by molar-refractivity contribution is 0.100. The Bertz CT molecular complexity index is 177. The van der Waals surface area contributed by atoms with Crippen LogP contribution in [0.15, 0.2) is 0 Å². The van der Waals surface area contributed by atoms with Gasteiger partial charge in [0.05, 0.1) is 6.10 Å². The normalized spacial score (nSPS) is 33.4. The van der Waals surface area contributed by atoms with E-state index in [-0.39, 0.29) is 6.10 Å². The molecule has 2 aliphatic carbocycles. The second-order valence-corrected chi connectivity index (χ2v) is 5.50. The van der Waals surface area contributed by atoms with Crippen LogP contribution in [0.1, 0.15) is 51.4 Å². The zero-order chi connectivity index (χ0) is 10.5. The third-order valence-electron chi connectivity index (χ3n) is 4.10. The summed E-state index contributed by atoms with van der Waals surface area (Å²) in [5.41, 5.74) is 0. The van der Waals surface area contributed by atoms with E-state index >= 15 is 0 Å². The monoisotopic (exact) mass is 211 g/mol. The molecule has 0 spiro atoms. The van der Waals surface area contributed by atoms with E-state index in [9.17, 15) is 5.11 Å². The fraction of sp³-hybridized carbons (Fsp3) is 1.00. The minimum atomic E-state index is -0.0166. The van der Waals surface area contributed by atoms with Crippen molar-refractivity contribution in [3.8, 4) is 0 Å². The molecule has 2 unspecified atom stereocenters. The van der Waals surface area contributed by atoms with E-state index < -0.39 is 0 Å². The Morgan fingerprint density at radius 3 is 2.27 bits per heavy atom. The maximum Gasteiger partial charge on any atom is 0.0543 e. The van der Waals surface area contributed by atoms with E-state index in [2.05, 4.69) is 5.32 Å². The zero-order valence-corrected chi connectivity index (χ0v) is 9.75. The topological polar surface area (TPSA) is 32.3 Å². The van der Waals surface area contributed by atoms with E-state index in [0.29, 0.717) is 0 Å². The van der Waals surface area contributed by atoms with Gasteiger partial charge in [0.25, 0.3) is 0 Å². The Labute approximate surface area is 93.5 Å². The van der Waals surface area contributed by atoms with Gasteiger partial charge in [0.15, 0.2) is 0 Å². The van der Waals surface area contributed by atoms with Crippen molar-refractivity contribution in [3.05, 3.63) is 0 Å². The smallest absolute Gasteiger partial charge is 0.0543 e. The van der Waals surface area contributed by atoms with Gasteiger partial charge in [-0.25, -0.2) is 0 Å². The minimum Gasteiger partial charge on any atom is -0.393 e. The lowest BCUT2D eigenvalue weighted by Gasteiger charge is -2.26. The second kappa shape index (κ2) is 5.86. The third kappa shape index (κ3) is 3.76. The highest BCUT2D eigenvalue weighted by Crippen LogP contribution is 2.25. The van der Waals surface area contributed by atoms with Crippen LogP contribution in [0.25, 0.3) is 0 Å². The Morgan fingerprint density at radius 2 is 1.53 bits per heavy atom. The van der Waals surface area contributed by atoms with E-state index in [4.69, 9.17) is 0 Å². The standard InChI is InChI=1S/C13H25NO/c15-13-7-3-6-12(8-13)10-14-9-11-4-1-2-5-11/h11-15H,1-10H2. The highest BCUT2D eigenvalue weighted by Gasteiger charge is 2.20. The lowest BCUT2D eigenvalue weighted by atomic mass is 9.87. The van der Waals surface area contributed by atoms with Crippen LogP contribution in [0.3, 0.4) is 0 Å². The summed E-state index contributed by atoms with van der Waals surface area (Å²) in [6, 6.07) is 0. The lowest BCUT2D eigenvalue weighted by Crippen LogP contribution is -2.31. The molecule has 0 heterocycles. The molecule has 2 atom stereocenters. The molecule has 0 aromatic carbocycles. The van der Waals surface area contributed by atoms with E-state index in [1.54, 1.807) is 0 Å². The van der Waals surface area contributed by atoms with Gasteiger partial charge in [-0.15, -0.1) is 0 Å². The average molecular weight is 211 g/mol. The highest BCUT2D eigenvalue weighted by molar-refractivity contribution is 4.75. The summed E-state index contributed by atoms with van der Waals surface area (Å²) < 4.78 is 0. The first-order chi connectivity index (χ1) is 7.34. The van der Waals surface area contributed by atoms with Crippen molar-refractivity contribution in [2.45, 2.75) is 57.5 Å². The first-order valence-corrected chi connectivity index (χ1v) is 6.73. The number of aliphatic hydroxyl groups is 1. The molecule has 0 aliphatic heterocycles. The largest absolute Gasteiger partial charge is 0.393 e. The molecular weight excluding hydrogens is 186 g/mol. The Hall–Kier alpha value is -0.0800. The van der Waals surface area contributed by atoms with E-state index in [1.807, 2.05) is 0 Å². The Kier molecular flexibility index (Phi) is 4.45. The number of hydrogen-bond acceptors (Lipinski definition) is 2. The van der Waals surface area contributed by atoms with Crippen LogP contribution in [-0.2, 0) is 0 Å². The number of rotatable bonds is 4. The van der Waals surface area contributed by atoms with Gasteiger partial charge in [0.1, 0.15) is 0 Å². The van der Waals surface area contributed by atoms with E-state index in [0.717, 1.165) is 31.2 Å². The Balaban J connectivity index is 1.56. The fourth-order valence-corrected chi connectivity index (χ4v) is 3.15. The van der Waals surface area contributed by atoms with Gasteiger partial charge in [0.2, 0.25) is 0 Å². The molecule has 0 amide bonds. The van der Waals surface area contributed by atoms with Crippen molar-refractivity contribution in [1.82, 2.24) is 5.32 Å². The summed E-state index contributed by atoms with van der Waals surface area (Å²) in [4.78, 5) is 0. The van der Waals surface area contributed by atoms with Crippen LogP contribution < -0.4 is 5.32 Å². The SMILES string of the molecule is OC1CCCC(CNCC2CCCC2)C1. The number of hydrogen-bond donors (Lipinski definition) is 2. The molecule has 2 saturated carbocycles. The summed E-state index contributed by atoms with van der Waals surface area (Å²) in [5.74, 6) is 1.67. The van der Waals surface area contributed by atoms with Crippen LogP contribution in [0.2, 0.25) is 0 Å². The molecule has 2 aliphatic rings. The predicted octanol–water partition coefficient (Wildman–Crippen LogP) is 2.32. The molecule has 88 valence electrons. The molecule has 0 bridgehead atoms. The molecule has 2 heteroatoms. The molecule has 0 aromatic rings. The summed E-state index contributed by atoms with van der Waals surface area (Å²) in [7, 11) is 0. The van der Waals surface area contributed by atoms with Gasteiger partial charge >= 0.3 is 0 Å². The van der Waals surface area contributed by atoms with Crippen molar-refractivity contribution >= 4 is 0 Å². The average Bonchev–Trinajstić information content (AvgIpc) is 2.71. The summed E-state index contributed by atoms with van der Waals surface area (Å²) in [6.07, 6.45) is 10.3. The van der Waals surface area contributed by atoms with Gasteiger partial charge in [-0.1, -0.05) is 19.3 Å². The second-order valence-electron chi connectivity index (χ2n) is 5.50. The third-order valence-corrected chi connectivity index (χ3v) is 4.10. The minimum absolute atomic E-state index is 0.0166. The summed E-state index contributed by atoms with van der Waals surface area (Å²) >= 11 is 0. The maximum absolute atomic E-state index is 9.56. The van der Waals surface area contributed by atoms with Gasteiger partial charge in [-0.2, -0.15) is 0 Å². The summed E-state index contributed by atoms with van der Waals surface area (Å²) in [6.45, 7) is 2.35. The van der Waals surface area contributed by atoms with Crippen molar-refractivity contribution < 1.29 is 5.11 Å². The first kappa shape index (κ1) is 11.4. The predicted molar refractivity (Wildman–Crippen MR) is 62.8 cm³/mol. The van der Waals surface area contributed by atoms with Gasteiger partial charge in [-0.05, 0) is 57.0 Å². The molecule has 0 aromatic heterocycles. The quantitative estimate of drug-likeness (QED) is 0.748. The molecule has 0 saturated heterocycles. The van der Waals surface area contributed by atoms with Crippen LogP contribution in [0.5, 0.6) is 0 Å². The molecule has 15 heavy (non-hydrogen) atoms. The van der Waals surface area contributed by atoms with E-state index in [1.165, 1.54) is 45.1 Å². The maximum atomic E-state index is 9.56. The molecule has 0 radical (unpaired) electrons. The Morgan fingerprint density at radius 1 is 0.867 bits per heavy atom. The summed E-state index contributed by atoms with van der Waals surface area (Å²) in [5, 5.41) is 13.2. The van der Waals surface area contributed by atoms with Crippen LogP contribution >= 0.6 is 0 Å².